The van der Waals surface area contributed by atoms with E-state index < -0.39 is 0 Å². The zero-order valence-corrected chi connectivity index (χ0v) is 17.0. The molecule has 0 radical (unpaired) electrons. The van der Waals surface area contributed by atoms with Crippen molar-refractivity contribution < 1.29 is 13.6 Å². The fourth-order valence-corrected chi connectivity index (χ4v) is 3.73. The van der Waals surface area contributed by atoms with Gasteiger partial charge in [-0.15, -0.1) is 10.2 Å². The first kappa shape index (κ1) is 19.4. The lowest BCUT2D eigenvalue weighted by molar-refractivity contribution is -0.113. The van der Waals surface area contributed by atoms with Gasteiger partial charge < -0.3 is 14.2 Å². The van der Waals surface area contributed by atoms with Crippen molar-refractivity contribution in [2.24, 2.45) is 0 Å². The minimum absolute atomic E-state index is 0.161. The Kier molecular flexibility index (Phi) is 5.73. The molecule has 0 saturated heterocycles. The molecule has 4 rings (SSSR count). The highest BCUT2D eigenvalue weighted by Crippen LogP contribution is 2.28. The smallest absolute Gasteiger partial charge is 0.234 e. The molecule has 3 aromatic heterocycles. The minimum Gasteiger partial charge on any atom is -0.469 e. The fourth-order valence-electron chi connectivity index (χ4n) is 2.81. The Morgan fingerprint density at radius 3 is 2.79 bits per heavy atom. The Bertz CT molecular complexity index is 1120. The second-order valence-electron chi connectivity index (χ2n) is 6.21. The number of hydrogen-bond acceptors (Lipinski definition) is 6. The van der Waals surface area contributed by atoms with Crippen LogP contribution in [0.1, 0.15) is 11.5 Å². The van der Waals surface area contributed by atoms with Crippen LogP contribution in [0.4, 0.5) is 5.69 Å². The maximum Gasteiger partial charge on any atom is 0.234 e. The monoisotopic (exact) mass is 428 g/mol. The van der Waals surface area contributed by atoms with Gasteiger partial charge in [0.15, 0.2) is 11.0 Å². The Hall–Kier alpha value is -2.97. The molecular weight excluding hydrogens is 412 g/mol. The molecule has 0 spiro atoms. The number of rotatable bonds is 7. The molecule has 1 amide bonds. The van der Waals surface area contributed by atoms with Crippen LogP contribution in [0.5, 0.6) is 0 Å². The summed E-state index contributed by atoms with van der Waals surface area (Å²) in [6.07, 6.45) is 3.23. The lowest BCUT2D eigenvalue weighted by atomic mass is 10.2. The summed E-state index contributed by atoms with van der Waals surface area (Å²) in [6.45, 7) is 2.31. The number of carbonyl (C=O) groups excluding carboxylic acids is 1. The quantitative estimate of drug-likeness (QED) is 0.422. The van der Waals surface area contributed by atoms with E-state index in [0.717, 1.165) is 17.1 Å². The molecule has 3 heterocycles. The molecule has 0 unspecified atom stereocenters. The summed E-state index contributed by atoms with van der Waals surface area (Å²) >= 11 is 7.26. The first-order valence-corrected chi connectivity index (χ1v) is 10.1. The molecule has 0 aliphatic rings. The SMILES string of the molecule is Cc1occc1-c1nnc(SCC(=O)Nc2cccc(Cl)c2)n1Cc1ccco1. The van der Waals surface area contributed by atoms with Gasteiger partial charge in [0.05, 0.1) is 30.4 Å². The number of furan rings is 2. The highest BCUT2D eigenvalue weighted by molar-refractivity contribution is 7.99. The molecule has 7 nitrogen and oxygen atoms in total. The van der Waals surface area contributed by atoms with Crippen LogP contribution in [0.3, 0.4) is 0 Å². The normalized spacial score (nSPS) is 11.0. The zero-order valence-electron chi connectivity index (χ0n) is 15.5. The van der Waals surface area contributed by atoms with Crippen molar-refractivity contribution in [3.05, 3.63) is 71.5 Å². The summed E-state index contributed by atoms with van der Waals surface area (Å²) in [4.78, 5) is 12.3. The third-order valence-electron chi connectivity index (χ3n) is 4.15. The van der Waals surface area contributed by atoms with E-state index in [9.17, 15) is 4.79 Å². The topological polar surface area (TPSA) is 86.1 Å². The van der Waals surface area contributed by atoms with Gasteiger partial charge in [0.25, 0.3) is 0 Å². The van der Waals surface area contributed by atoms with Gasteiger partial charge in [-0.1, -0.05) is 29.4 Å². The minimum atomic E-state index is -0.161. The maximum atomic E-state index is 12.3. The lowest BCUT2D eigenvalue weighted by Gasteiger charge is -2.09. The number of carbonyl (C=O) groups is 1. The predicted molar refractivity (Wildman–Crippen MR) is 111 cm³/mol. The summed E-state index contributed by atoms with van der Waals surface area (Å²) in [6, 6.07) is 12.6. The van der Waals surface area contributed by atoms with Gasteiger partial charge in [-0.05, 0) is 43.3 Å². The number of nitrogens with one attached hydrogen (secondary N) is 1. The number of nitrogens with zero attached hydrogens (tertiary/aromatic N) is 3. The van der Waals surface area contributed by atoms with Crippen LogP contribution in [-0.4, -0.2) is 26.4 Å². The number of halogens is 1. The Morgan fingerprint density at radius 2 is 2.07 bits per heavy atom. The zero-order chi connectivity index (χ0) is 20.2. The number of anilines is 1. The van der Waals surface area contributed by atoms with Crippen LogP contribution in [0.25, 0.3) is 11.4 Å². The van der Waals surface area contributed by atoms with Crippen molar-refractivity contribution in [1.82, 2.24) is 14.8 Å². The van der Waals surface area contributed by atoms with Crippen LogP contribution >= 0.6 is 23.4 Å². The summed E-state index contributed by atoms with van der Waals surface area (Å²) in [7, 11) is 0. The molecule has 9 heteroatoms. The molecule has 0 aliphatic carbocycles. The Morgan fingerprint density at radius 1 is 1.17 bits per heavy atom. The maximum absolute atomic E-state index is 12.3. The summed E-state index contributed by atoms with van der Waals surface area (Å²) in [5.41, 5.74) is 1.49. The molecule has 1 aromatic carbocycles. The van der Waals surface area contributed by atoms with Crippen LogP contribution < -0.4 is 5.32 Å². The summed E-state index contributed by atoms with van der Waals surface area (Å²) in [5.74, 6) is 2.18. The third kappa shape index (κ3) is 4.55. The van der Waals surface area contributed by atoms with E-state index in [1.54, 1.807) is 36.8 Å². The van der Waals surface area contributed by atoms with Crippen LogP contribution in [0, 0.1) is 6.92 Å². The average molecular weight is 429 g/mol. The van der Waals surface area contributed by atoms with Crippen LogP contribution in [-0.2, 0) is 11.3 Å². The van der Waals surface area contributed by atoms with E-state index in [0.29, 0.717) is 28.2 Å². The third-order valence-corrected chi connectivity index (χ3v) is 5.35. The first-order valence-electron chi connectivity index (χ1n) is 8.78. The molecule has 4 aromatic rings. The second kappa shape index (κ2) is 8.59. The van der Waals surface area contributed by atoms with Gasteiger partial charge in [-0.2, -0.15) is 0 Å². The number of thioether (sulfide) groups is 1. The van der Waals surface area contributed by atoms with E-state index >= 15 is 0 Å². The van der Waals surface area contributed by atoms with Gasteiger partial charge in [0.1, 0.15) is 11.5 Å². The molecule has 0 saturated carbocycles. The second-order valence-corrected chi connectivity index (χ2v) is 7.59. The molecular formula is C20H17ClN4O3S. The summed E-state index contributed by atoms with van der Waals surface area (Å²) < 4.78 is 12.8. The van der Waals surface area contributed by atoms with Gasteiger partial charge in [-0.3, -0.25) is 9.36 Å². The highest BCUT2D eigenvalue weighted by atomic mass is 35.5. The van der Waals surface area contributed by atoms with Gasteiger partial charge in [0.2, 0.25) is 5.91 Å². The van der Waals surface area contributed by atoms with Gasteiger partial charge in [0, 0.05) is 10.7 Å². The molecule has 0 bridgehead atoms. The van der Waals surface area contributed by atoms with E-state index in [4.69, 9.17) is 20.4 Å². The molecule has 0 aliphatic heterocycles. The van der Waals surface area contributed by atoms with E-state index in [1.165, 1.54) is 11.8 Å². The van der Waals surface area contributed by atoms with Crippen LogP contribution in [0.15, 0.2) is 69.0 Å². The molecule has 29 heavy (non-hydrogen) atoms. The van der Waals surface area contributed by atoms with Crippen molar-refractivity contribution in [2.45, 2.75) is 18.6 Å². The van der Waals surface area contributed by atoms with Crippen LogP contribution in [0.2, 0.25) is 5.02 Å². The fraction of sp³-hybridized carbons (Fsp3) is 0.150. The predicted octanol–water partition coefficient (Wildman–Crippen LogP) is 4.87. The lowest BCUT2D eigenvalue weighted by Crippen LogP contribution is -2.14. The molecule has 1 N–H and O–H groups in total. The number of aryl methyl sites for hydroxylation is 1. The van der Waals surface area contributed by atoms with Crippen molar-refractivity contribution in [2.75, 3.05) is 11.1 Å². The number of aromatic nitrogens is 3. The van der Waals surface area contributed by atoms with Gasteiger partial charge in [-0.25, -0.2) is 0 Å². The van der Waals surface area contributed by atoms with Crippen molar-refractivity contribution in [3.63, 3.8) is 0 Å². The number of hydrogen-bond donors (Lipinski definition) is 1. The van der Waals surface area contributed by atoms with Gasteiger partial charge >= 0.3 is 0 Å². The molecule has 0 fully saturated rings. The van der Waals surface area contributed by atoms with Crippen molar-refractivity contribution in [1.29, 1.82) is 0 Å². The van der Waals surface area contributed by atoms with E-state index in [2.05, 4.69) is 15.5 Å². The van der Waals surface area contributed by atoms with Crippen molar-refractivity contribution in [3.8, 4) is 11.4 Å². The van der Waals surface area contributed by atoms with E-state index in [-0.39, 0.29) is 11.7 Å². The van der Waals surface area contributed by atoms with E-state index in [1.807, 2.05) is 29.7 Å². The largest absolute Gasteiger partial charge is 0.469 e. The average Bonchev–Trinajstić information content (AvgIpc) is 3.42. The first-order chi connectivity index (χ1) is 14.1. The number of amides is 1. The number of benzene rings is 1. The standard InChI is InChI=1S/C20H17ClN4O3S/c1-13-17(7-9-27-13)19-23-24-20(25(19)11-16-6-3-8-28-16)29-12-18(26)22-15-5-2-4-14(21)10-15/h2-10H,11-12H2,1H3,(H,22,26). The molecule has 0 atom stereocenters. The molecule has 148 valence electrons. The Labute approximate surface area is 176 Å². The summed E-state index contributed by atoms with van der Waals surface area (Å²) in [5, 5.41) is 12.6. The Balaban J connectivity index is 1.53. The van der Waals surface area contributed by atoms with Crippen molar-refractivity contribution >= 4 is 35.0 Å². The highest BCUT2D eigenvalue weighted by Gasteiger charge is 2.19.